The van der Waals surface area contributed by atoms with Crippen molar-refractivity contribution >= 4 is 11.6 Å². The third-order valence-electron chi connectivity index (χ3n) is 3.33. The molecule has 17 heavy (non-hydrogen) atoms. The molecule has 1 aliphatic rings. The summed E-state index contributed by atoms with van der Waals surface area (Å²) in [6.45, 7) is 0. The number of hydrogen-bond donors (Lipinski definition) is 1. The molecule has 0 aliphatic heterocycles. The minimum atomic E-state index is 0.181. The topological polar surface area (TPSA) is 38.1 Å². The van der Waals surface area contributed by atoms with Crippen molar-refractivity contribution < 1.29 is 5.11 Å². The van der Waals surface area contributed by atoms with Gasteiger partial charge in [0.1, 0.15) is 11.6 Å². The SMILES string of the molecule is Oc1ccc(-c2nccn2C2CCC2)c(Cl)c1. The molecule has 0 amide bonds. The van der Waals surface area contributed by atoms with Crippen LogP contribution < -0.4 is 0 Å². The summed E-state index contributed by atoms with van der Waals surface area (Å²) in [5, 5.41) is 9.90. The van der Waals surface area contributed by atoms with Gasteiger partial charge in [0, 0.05) is 24.0 Å². The molecule has 0 unspecified atom stereocenters. The zero-order valence-electron chi connectivity index (χ0n) is 9.31. The monoisotopic (exact) mass is 248 g/mol. The Hall–Kier alpha value is -1.48. The Kier molecular flexibility index (Phi) is 2.56. The molecule has 1 aliphatic carbocycles. The van der Waals surface area contributed by atoms with E-state index in [0.29, 0.717) is 11.1 Å². The fraction of sp³-hybridized carbons (Fsp3) is 0.308. The number of nitrogens with zero attached hydrogens (tertiary/aromatic N) is 2. The summed E-state index contributed by atoms with van der Waals surface area (Å²) in [6, 6.07) is 5.56. The lowest BCUT2D eigenvalue weighted by Crippen LogP contribution is -2.17. The van der Waals surface area contributed by atoms with E-state index < -0.39 is 0 Å². The van der Waals surface area contributed by atoms with Crippen molar-refractivity contribution in [1.82, 2.24) is 9.55 Å². The van der Waals surface area contributed by atoms with Crippen LogP contribution in [0, 0.1) is 0 Å². The van der Waals surface area contributed by atoms with Gasteiger partial charge in [-0.3, -0.25) is 0 Å². The quantitative estimate of drug-likeness (QED) is 0.881. The van der Waals surface area contributed by atoms with E-state index in [4.69, 9.17) is 11.6 Å². The van der Waals surface area contributed by atoms with Crippen LogP contribution in [-0.2, 0) is 0 Å². The molecule has 1 fully saturated rings. The third-order valence-corrected chi connectivity index (χ3v) is 3.64. The largest absolute Gasteiger partial charge is 0.508 e. The Bertz CT molecular complexity index is 546. The standard InChI is InChI=1S/C13H13ClN2O/c14-12-8-10(17)4-5-11(12)13-15-6-7-16(13)9-2-1-3-9/h4-9,17H,1-3H2. The Morgan fingerprint density at radius 1 is 1.35 bits per heavy atom. The lowest BCUT2D eigenvalue weighted by molar-refractivity contribution is 0.316. The minimum absolute atomic E-state index is 0.181. The van der Waals surface area contributed by atoms with Gasteiger partial charge in [0.05, 0.1) is 5.02 Å². The maximum absolute atomic E-state index is 9.36. The maximum Gasteiger partial charge on any atom is 0.141 e. The van der Waals surface area contributed by atoms with Crippen molar-refractivity contribution in [3.8, 4) is 17.1 Å². The van der Waals surface area contributed by atoms with E-state index in [1.807, 2.05) is 12.3 Å². The van der Waals surface area contributed by atoms with E-state index in [2.05, 4.69) is 9.55 Å². The molecule has 1 aromatic carbocycles. The van der Waals surface area contributed by atoms with Crippen molar-refractivity contribution in [2.24, 2.45) is 0 Å². The molecular formula is C13H13ClN2O. The van der Waals surface area contributed by atoms with Gasteiger partial charge in [-0.05, 0) is 37.5 Å². The van der Waals surface area contributed by atoms with Gasteiger partial charge in [0.15, 0.2) is 0 Å². The van der Waals surface area contributed by atoms with Crippen LogP contribution in [0.25, 0.3) is 11.4 Å². The Morgan fingerprint density at radius 3 is 2.82 bits per heavy atom. The van der Waals surface area contributed by atoms with Gasteiger partial charge in [0.25, 0.3) is 0 Å². The first kappa shape index (κ1) is 10.7. The Labute approximate surface area is 105 Å². The number of aromatic hydroxyl groups is 1. The summed E-state index contributed by atoms with van der Waals surface area (Å²) >= 11 is 6.15. The van der Waals surface area contributed by atoms with Crippen molar-refractivity contribution in [3.63, 3.8) is 0 Å². The first-order valence-corrected chi connectivity index (χ1v) is 6.15. The van der Waals surface area contributed by atoms with Crippen molar-refractivity contribution in [2.75, 3.05) is 0 Å². The molecule has 0 radical (unpaired) electrons. The summed E-state index contributed by atoms with van der Waals surface area (Å²) in [6.07, 6.45) is 7.50. The highest BCUT2D eigenvalue weighted by molar-refractivity contribution is 6.33. The summed E-state index contributed by atoms with van der Waals surface area (Å²) in [5.41, 5.74) is 0.876. The highest BCUT2D eigenvalue weighted by Crippen LogP contribution is 2.37. The normalized spacial score (nSPS) is 15.8. The van der Waals surface area contributed by atoms with Crippen LogP contribution >= 0.6 is 11.6 Å². The van der Waals surface area contributed by atoms with E-state index in [1.165, 1.54) is 19.3 Å². The zero-order valence-corrected chi connectivity index (χ0v) is 10.1. The molecule has 1 N–H and O–H groups in total. The van der Waals surface area contributed by atoms with Crippen LogP contribution in [-0.4, -0.2) is 14.7 Å². The van der Waals surface area contributed by atoms with Crippen molar-refractivity contribution in [1.29, 1.82) is 0 Å². The van der Waals surface area contributed by atoms with E-state index in [9.17, 15) is 5.11 Å². The van der Waals surface area contributed by atoms with Crippen LogP contribution in [0.4, 0.5) is 0 Å². The van der Waals surface area contributed by atoms with Gasteiger partial charge in [-0.2, -0.15) is 0 Å². The van der Waals surface area contributed by atoms with Crippen LogP contribution in [0.3, 0.4) is 0 Å². The average Bonchev–Trinajstić information content (AvgIpc) is 2.64. The maximum atomic E-state index is 9.36. The van der Waals surface area contributed by atoms with Gasteiger partial charge >= 0.3 is 0 Å². The Morgan fingerprint density at radius 2 is 2.18 bits per heavy atom. The molecular weight excluding hydrogens is 236 g/mol. The summed E-state index contributed by atoms with van der Waals surface area (Å²) in [7, 11) is 0. The van der Waals surface area contributed by atoms with E-state index >= 15 is 0 Å². The number of phenols is 1. The molecule has 0 atom stereocenters. The number of hydrogen-bond acceptors (Lipinski definition) is 2. The van der Waals surface area contributed by atoms with Crippen LogP contribution in [0.1, 0.15) is 25.3 Å². The highest BCUT2D eigenvalue weighted by atomic mass is 35.5. The van der Waals surface area contributed by atoms with Crippen LogP contribution in [0.2, 0.25) is 5.02 Å². The second-order valence-corrected chi connectivity index (χ2v) is 4.81. The van der Waals surface area contributed by atoms with Crippen molar-refractivity contribution in [2.45, 2.75) is 25.3 Å². The van der Waals surface area contributed by atoms with Crippen LogP contribution in [0.15, 0.2) is 30.6 Å². The second-order valence-electron chi connectivity index (χ2n) is 4.41. The second kappa shape index (κ2) is 4.08. The minimum Gasteiger partial charge on any atom is -0.508 e. The fourth-order valence-corrected chi connectivity index (χ4v) is 2.43. The average molecular weight is 249 g/mol. The molecule has 2 aromatic rings. The first-order chi connectivity index (χ1) is 8.25. The molecule has 0 saturated heterocycles. The number of aromatic nitrogens is 2. The Balaban J connectivity index is 2.05. The molecule has 3 rings (SSSR count). The molecule has 0 bridgehead atoms. The van der Waals surface area contributed by atoms with E-state index in [-0.39, 0.29) is 5.75 Å². The van der Waals surface area contributed by atoms with E-state index in [1.54, 1.807) is 18.3 Å². The molecule has 1 heterocycles. The zero-order chi connectivity index (χ0) is 11.8. The van der Waals surface area contributed by atoms with Gasteiger partial charge in [0.2, 0.25) is 0 Å². The lowest BCUT2D eigenvalue weighted by Gasteiger charge is -2.28. The van der Waals surface area contributed by atoms with Gasteiger partial charge < -0.3 is 9.67 Å². The molecule has 4 heteroatoms. The summed E-state index contributed by atoms with van der Waals surface area (Å²) in [5.74, 6) is 1.07. The molecule has 1 saturated carbocycles. The molecule has 0 spiro atoms. The number of phenolic OH excluding ortho intramolecular Hbond substituents is 1. The van der Waals surface area contributed by atoms with E-state index in [0.717, 1.165) is 11.4 Å². The first-order valence-electron chi connectivity index (χ1n) is 5.77. The fourth-order valence-electron chi connectivity index (χ4n) is 2.17. The van der Waals surface area contributed by atoms with Gasteiger partial charge in [-0.25, -0.2) is 4.98 Å². The lowest BCUT2D eigenvalue weighted by atomic mass is 9.92. The molecule has 3 nitrogen and oxygen atoms in total. The highest BCUT2D eigenvalue weighted by Gasteiger charge is 2.22. The van der Waals surface area contributed by atoms with Crippen LogP contribution in [0.5, 0.6) is 5.75 Å². The predicted octanol–water partition coefficient (Wildman–Crippen LogP) is 3.63. The number of benzene rings is 1. The summed E-state index contributed by atoms with van der Waals surface area (Å²) in [4.78, 5) is 4.38. The summed E-state index contributed by atoms with van der Waals surface area (Å²) < 4.78 is 2.18. The van der Waals surface area contributed by atoms with Gasteiger partial charge in [-0.15, -0.1) is 0 Å². The smallest absolute Gasteiger partial charge is 0.141 e. The number of imidazole rings is 1. The number of halogens is 1. The molecule has 88 valence electrons. The molecule has 1 aromatic heterocycles. The third kappa shape index (κ3) is 1.80. The number of rotatable bonds is 2. The van der Waals surface area contributed by atoms with Crippen molar-refractivity contribution in [3.05, 3.63) is 35.6 Å². The predicted molar refractivity (Wildman–Crippen MR) is 67.2 cm³/mol. The van der Waals surface area contributed by atoms with Gasteiger partial charge in [-0.1, -0.05) is 11.6 Å².